The van der Waals surface area contributed by atoms with E-state index in [1.54, 1.807) is 6.92 Å². The highest BCUT2D eigenvalue weighted by Crippen LogP contribution is 2.27. The molecule has 0 heterocycles. The summed E-state index contributed by atoms with van der Waals surface area (Å²) < 4.78 is 0. The molecule has 0 aliphatic carbocycles. The van der Waals surface area contributed by atoms with Gasteiger partial charge in [0.2, 0.25) is 0 Å². The van der Waals surface area contributed by atoms with Gasteiger partial charge in [0.1, 0.15) is 5.78 Å². The third-order valence-electron chi connectivity index (χ3n) is 2.81. The fourth-order valence-corrected chi connectivity index (χ4v) is 1.86. The van der Waals surface area contributed by atoms with Crippen molar-refractivity contribution < 1.29 is 4.79 Å². The molecule has 0 aliphatic heterocycles. The van der Waals surface area contributed by atoms with Crippen molar-refractivity contribution in [2.75, 3.05) is 0 Å². The van der Waals surface area contributed by atoms with Crippen LogP contribution in [0.15, 0.2) is 0 Å². The number of ketones is 1. The van der Waals surface area contributed by atoms with E-state index in [2.05, 4.69) is 34.6 Å². The molecule has 0 aromatic carbocycles. The Morgan fingerprint density at radius 3 is 1.42 bits per heavy atom. The van der Waals surface area contributed by atoms with Crippen molar-refractivity contribution in [3.8, 4) is 0 Å². The maximum Gasteiger partial charge on any atom is 0.133 e. The van der Waals surface area contributed by atoms with Crippen LogP contribution in [0.5, 0.6) is 0 Å². The lowest BCUT2D eigenvalue weighted by atomic mass is 9.76. The largest absolute Gasteiger partial charge is 0.300 e. The van der Waals surface area contributed by atoms with E-state index < -0.39 is 0 Å². The molecule has 0 rings (SSSR count). The molecule has 0 aliphatic rings. The third kappa shape index (κ3) is 2.96. The summed E-state index contributed by atoms with van der Waals surface area (Å²) in [5.74, 6) is 2.15. The molecule has 2 atom stereocenters. The molecule has 0 aromatic heterocycles. The lowest BCUT2D eigenvalue weighted by Crippen LogP contribution is -2.28. The molecule has 72 valence electrons. The maximum atomic E-state index is 11.3. The van der Waals surface area contributed by atoms with Gasteiger partial charge in [-0.1, -0.05) is 34.6 Å². The van der Waals surface area contributed by atoms with Crippen LogP contribution in [0, 0.1) is 23.7 Å². The highest BCUT2D eigenvalue weighted by Gasteiger charge is 2.26. The van der Waals surface area contributed by atoms with Crippen molar-refractivity contribution >= 4 is 5.78 Å². The Morgan fingerprint density at radius 2 is 1.33 bits per heavy atom. The second-order valence-electron chi connectivity index (χ2n) is 4.48. The van der Waals surface area contributed by atoms with Gasteiger partial charge in [0.25, 0.3) is 0 Å². The summed E-state index contributed by atoms with van der Waals surface area (Å²) >= 11 is 0. The van der Waals surface area contributed by atoms with Crippen LogP contribution in [-0.2, 0) is 4.79 Å². The molecular weight excluding hydrogens is 148 g/mol. The van der Waals surface area contributed by atoms with E-state index >= 15 is 0 Å². The summed E-state index contributed by atoms with van der Waals surface area (Å²) in [4.78, 5) is 11.3. The first-order valence-corrected chi connectivity index (χ1v) is 4.88. The Hall–Kier alpha value is -0.330. The highest BCUT2D eigenvalue weighted by atomic mass is 16.1. The first-order chi connectivity index (χ1) is 5.37. The molecule has 0 fully saturated rings. The number of carbonyl (C=O) groups is 1. The molecular formula is C11H22O. The van der Waals surface area contributed by atoms with Gasteiger partial charge in [-0.2, -0.15) is 0 Å². The molecule has 0 radical (unpaired) electrons. The van der Waals surface area contributed by atoms with E-state index in [0.29, 0.717) is 23.5 Å². The van der Waals surface area contributed by atoms with Crippen molar-refractivity contribution in [3.05, 3.63) is 0 Å². The van der Waals surface area contributed by atoms with Crippen LogP contribution in [-0.4, -0.2) is 5.78 Å². The lowest BCUT2D eigenvalue weighted by molar-refractivity contribution is -0.124. The van der Waals surface area contributed by atoms with Gasteiger partial charge in [0.15, 0.2) is 0 Å². The van der Waals surface area contributed by atoms with E-state index in [0.717, 1.165) is 0 Å². The Balaban J connectivity index is 4.40. The molecule has 0 bridgehead atoms. The molecule has 12 heavy (non-hydrogen) atoms. The topological polar surface area (TPSA) is 17.1 Å². The Labute approximate surface area is 76.6 Å². The van der Waals surface area contributed by atoms with Crippen molar-refractivity contribution in [3.63, 3.8) is 0 Å². The van der Waals surface area contributed by atoms with Gasteiger partial charge in [-0.15, -0.1) is 0 Å². The predicted molar refractivity (Wildman–Crippen MR) is 53.0 cm³/mol. The van der Waals surface area contributed by atoms with E-state index in [9.17, 15) is 4.79 Å². The minimum atomic E-state index is 0.241. The first kappa shape index (κ1) is 11.7. The van der Waals surface area contributed by atoms with E-state index in [1.807, 2.05) is 0 Å². The normalized spacial score (nSPS) is 16.7. The summed E-state index contributed by atoms with van der Waals surface area (Å²) in [5, 5.41) is 0. The minimum Gasteiger partial charge on any atom is -0.300 e. The molecule has 0 N–H and O–H groups in total. The summed E-state index contributed by atoms with van der Waals surface area (Å²) in [6.45, 7) is 12.5. The van der Waals surface area contributed by atoms with Gasteiger partial charge in [-0.3, -0.25) is 4.79 Å². The molecule has 0 saturated heterocycles. The second-order valence-corrected chi connectivity index (χ2v) is 4.48. The first-order valence-electron chi connectivity index (χ1n) is 4.88. The average Bonchev–Trinajstić information content (AvgIpc) is 1.85. The minimum absolute atomic E-state index is 0.241. The number of hydrogen-bond donors (Lipinski definition) is 0. The van der Waals surface area contributed by atoms with Gasteiger partial charge < -0.3 is 0 Å². The smallest absolute Gasteiger partial charge is 0.133 e. The van der Waals surface area contributed by atoms with Crippen molar-refractivity contribution in [2.45, 2.75) is 41.5 Å². The van der Waals surface area contributed by atoms with Crippen LogP contribution in [0.4, 0.5) is 0 Å². The molecule has 0 amide bonds. The zero-order valence-corrected chi connectivity index (χ0v) is 9.22. The second kappa shape index (κ2) is 4.64. The van der Waals surface area contributed by atoms with Gasteiger partial charge in [0, 0.05) is 5.92 Å². The molecule has 0 spiro atoms. The Kier molecular flexibility index (Phi) is 4.51. The van der Waals surface area contributed by atoms with Crippen molar-refractivity contribution in [2.24, 2.45) is 23.7 Å². The standard InChI is InChI=1S/C11H22O/c1-7(2)9(5)11(8(3)4)10(6)12/h7-9,11H,1-6H3. The van der Waals surface area contributed by atoms with Gasteiger partial charge in [0.05, 0.1) is 0 Å². The van der Waals surface area contributed by atoms with Crippen LogP contribution in [0.1, 0.15) is 41.5 Å². The third-order valence-corrected chi connectivity index (χ3v) is 2.81. The van der Waals surface area contributed by atoms with Crippen LogP contribution in [0.2, 0.25) is 0 Å². The number of carbonyl (C=O) groups excluding carboxylic acids is 1. The van der Waals surface area contributed by atoms with E-state index in [1.165, 1.54) is 0 Å². The Morgan fingerprint density at radius 1 is 0.917 bits per heavy atom. The lowest BCUT2D eigenvalue weighted by Gasteiger charge is -2.27. The number of rotatable bonds is 4. The van der Waals surface area contributed by atoms with E-state index in [-0.39, 0.29) is 5.92 Å². The predicted octanol–water partition coefficient (Wildman–Crippen LogP) is 3.14. The fraction of sp³-hybridized carbons (Fsp3) is 0.909. The monoisotopic (exact) mass is 170 g/mol. The zero-order chi connectivity index (χ0) is 9.89. The zero-order valence-electron chi connectivity index (χ0n) is 9.22. The summed E-state index contributed by atoms with van der Waals surface area (Å²) in [6.07, 6.45) is 0. The summed E-state index contributed by atoms with van der Waals surface area (Å²) in [6, 6.07) is 0. The number of Topliss-reactive ketones (excluding diaryl/α,β-unsaturated/α-hetero) is 1. The van der Waals surface area contributed by atoms with Crippen LogP contribution < -0.4 is 0 Å². The van der Waals surface area contributed by atoms with Crippen molar-refractivity contribution in [1.82, 2.24) is 0 Å². The summed E-state index contributed by atoms with van der Waals surface area (Å²) in [7, 11) is 0. The fourth-order valence-electron chi connectivity index (χ4n) is 1.86. The van der Waals surface area contributed by atoms with E-state index in [4.69, 9.17) is 0 Å². The quantitative estimate of drug-likeness (QED) is 0.633. The van der Waals surface area contributed by atoms with Gasteiger partial charge in [-0.25, -0.2) is 0 Å². The van der Waals surface area contributed by atoms with Crippen LogP contribution in [0.25, 0.3) is 0 Å². The van der Waals surface area contributed by atoms with Gasteiger partial charge >= 0.3 is 0 Å². The SMILES string of the molecule is CC(=O)C(C(C)C)C(C)C(C)C. The summed E-state index contributed by atoms with van der Waals surface area (Å²) in [5.41, 5.74) is 0. The average molecular weight is 170 g/mol. The van der Waals surface area contributed by atoms with Crippen molar-refractivity contribution in [1.29, 1.82) is 0 Å². The molecule has 1 heteroatoms. The van der Waals surface area contributed by atoms with Crippen LogP contribution >= 0.6 is 0 Å². The molecule has 2 unspecified atom stereocenters. The molecule has 0 aromatic rings. The maximum absolute atomic E-state index is 11.3. The Bertz CT molecular complexity index is 147. The van der Waals surface area contributed by atoms with Gasteiger partial charge in [-0.05, 0) is 24.7 Å². The molecule has 0 saturated carbocycles. The molecule has 1 nitrogen and oxygen atoms in total. The number of hydrogen-bond acceptors (Lipinski definition) is 1. The van der Waals surface area contributed by atoms with Crippen LogP contribution in [0.3, 0.4) is 0 Å². The highest BCUT2D eigenvalue weighted by molar-refractivity contribution is 5.78.